The molecule has 102 valence electrons. The second-order valence-corrected chi connectivity index (χ2v) is 8.50. The summed E-state index contributed by atoms with van der Waals surface area (Å²) in [6.45, 7) is 1.83. The maximum Gasteiger partial charge on any atom is 0.252 e. The maximum atomic E-state index is 12.2. The molecule has 0 aromatic carbocycles. The topological polar surface area (TPSA) is 96.0 Å². The molecule has 0 aliphatic carbocycles. The van der Waals surface area contributed by atoms with E-state index in [2.05, 4.69) is 21.1 Å². The minimum Gasteiger partial charge on any atom is -0.409 e. The molecule has 0 saturated heterocycles. The largest absolute Gasteiger partial charge is 0.409 e. The quantitative estimate of drug-likeness (QED) is 0.362. The molecule has 1 aromatic heterocycles. The molecule has 0 aliphatic rings. The first-order chi connectivity index (χ1) is 8.28. The van der Waals surface area contributed by atoms with E-state index in [1.165, 1.54) is 17.4 Å². The zero-order valence-corrected chi connectivity index (χ0v) is 13.1. The van der Waals surface area contributed by atoms with Crippen LogP contribution in [0.25, 0.3) is 0 Å². The van der Waals surface area contributed by atoms with Gasteiger partial charge in [-0.15, -0.1) is 11.3 Å². The highest BCUT2D eigenvalue weighted by Crippen LogP contribution is 2.28. The third kappa shape index (κ3) is 3.44. The molecule has 0 aliphatic heterocycles. The fourth-order valence-electron chi connectivity index (χ4n) is 1.27. The molecular weight excluding hydrogens is 342 g/mol. The number of hydrogen-bond donors (Lipinski definition) is 2. The Morgan fingerprint density at radius 1 is 1.67 bits per heavy atom. The van der Waals surface area contributed by atoms with Gasteiger partial charge in [0.05, 0.1) is 3.79 Å². The maximum absolute atomic E-state index is 12.2. The molecule has 1 unspecified atom stereocenters. The van der Waals surface area contributed by atoms with Gasteiger partial charge in [-0.1, -0.05) is 12.1 Å². The average molecular weight is 356 g/mol. The Balaban J connectivity index is 2.87. The lowest BCUT2D eigenvalue weighted by Gasteiger charge is -2.19. The Morgan fingerprint density at radius 3 is 2.72 bits per heavy atom. The van der Waals surface area contributed by atoms with E-state index < -0.39 is 10.0 Å². The van der Waals surface area contributed by atoms with Crippen molar-refractivity contribution in [3.63, 3.8) is 0 Å². The van der Waals surface area contributed by atoms with E-state index in [4.69, 9.17) is 10.9 Å². The van der Waals surface area contributed by atoms with E-state index >= 15 is 0 Å². The number of thiophene rings is 1. The van der Waals surface area contributed by atoms with E-state index in [0.29, 0.717) is 0 Å². The van der Waals surface area contributed by atoms with Crippen molar-refractivity contribution in [1.29, 1.82) is 0 Å². The summed E-state index contributed by atoms with van der Waals surface area (Å²) in [5.74, 6) is -0.359. The van der Waals surface area contributed by atoms with E-state index in [-0.39, 0.29) is 22.5 Å². The molecule has 9 heteroatoms. The SMILES string of the molecule is CC(CN(C)S(=O)(=O)c1ccc(Br)s1)/C(N)=N/O. The van der Waals surface area contributed by atoms with Gasteiger partial charge in [-0.25, -0.2) is 8.42 Å². The highest BCUT2D eigenvalue weighted by atomic mass is 79.9. The Hall–Kier alpha value is -0.640. The molecule has 1 aromatic rings. The van der Waals surface area contributed by atoms with Crippen molar-refractivity contribution in [1.82, 2.24) is 4.31 Å². The van der Waals surface area contributed by atoms with Gasteiger partial charge in [-0.05, 0) is 28.1 Å². The van der Waals surface area contributed by atoms with Crippen LogP contribution < -0.4 is 5.73 Å². The molecular formula is C9H14BrN3O3S2. The normalized spacial score (nSPS) is 15.0. The van der Waals surface area contributed by atoms with Crippen molar-refractivity contribution in [2.24, 2.45) is 16.8 Å². The minimum absolute atomic E-state index is 0.00408. The predicted molar refractivity (Wildman–Crippen MR) is 74.4 cm³/mol. The monoisotopic (exact) mass is 355 g/mol. The molecule has 1 heterocycles. The average Bonchev–Trinajstić information content (AvgIpc) is 2.75. The van der Waals surface area contributed by atoms with Gasteiger partial charge in [0, 0.05) is 19.5 Å². The standard InChI is InChI=1S/C9H14BrN3O3S2/c1-6(9(11)12-14)5-13(2)18(15,16)8-4-3-7(10)17-8/h3-4,6,14H,5H2,1-2H3,(H2,11,12). The summed E-state index contributed by atoms with van der Waals surface area (Å²) >= 11 is 4.36. The van der Waals surface area contributed by atoms with Gasteiger partial charge in [-0.3, -0.25) is 0 Å². The highest BCUT2D eigenvalue weighted by molar-refractivity contribution is 9.11. The summed E-state index contributed by atoms with van der Waals surface area (Å²) in [5.41, 5.74) is 5.42. The summed E-state index contributed by atoms with van der Waals surface area (Å²) in [5, 5.41) is 11.4. The van der Waals surface area contributed by atoms with Crippen molar-refractivity contribution < 1.29 is 13.6 Å². The highest BCUT2D eigenvalue weighted by Gasteiger charge is 2.25. The van der Waals surface area contributed by atoms with Gasteiger partial charge >= 0.3 is 0 Å². The van der Waals surface area contributed by atoms with Gasteiger partial charge in [-0.2, -0.15) is 4.31 Å². The number of sulfonamides is 1. The molecule has 0 amide bonds. The van der Waals surface area contributed by atoms with Crippen molar-refractivity contribution in [3.8, 4) is 0 Å². The number of amidine groups is 1. The predicted octanol–water partition coefficient (Wildman–Crippen LogP) is 1.51. The number of nitrogens with two attached hydrogens (primary N) is 1. The molecule has 0 fully saturated rings. The van der Waals surface area contributed by atoms with Crippen molar-refractivity contribution in [3.05, 3.63) is 15.9 Å². The van der Waals surface area contributed by atoms with Crippen LogP contribution in [-0.2, 0) is 10.0 Å². The lowest BCUT2D eigenvalue weighted by molar-refractivity contribution is 0.312. The first kappa shape index (κ1) is 15.4. The number of oxime groups is 1. The summed E-state index contributed by atoms with van der Waals surface area (Å²) < 4.78 is 26.5. The molecule has 6 nitrogen and oxygen atoms in total. The molecule has 1 rings (SSSR count). The second-order valence-electron chi connectivity index (χ2n) is 3.77. The molecule has 0 spiro atoms. The van der Waals surface area contributed by atoms with Crippen LogP contribution in [0.5, 0.6) is 0 Å². The van der Waals surface area contributed by atoms with Crippen LogP contribution in [0.15, 0.2) is 25.3 Å². The van der Waals surface area contributed by atoms with Crippen LogP contribution >= 0.6 is 27.3 Å². The molecule has 18 heavy (non-hydrogen) atoms. The first-order valence-electron chi connectivity index (χ1n) is 4.98. The molecule has 0 bridgehead atoms. The summed E-state index contributed by atoms with van der Waals surface area (Å²) in [4.78, 5) is 0. The van der Waals surface area contributed by atoms with Crippen LogP contribution in [0.4, 0.5) is 0 Å². The smallest absolute Gasteiger partial charge is 0.252 e. The Bertz CT molecular complexity index is 541. The fourth-order valence-corrected chi connectivity index (χ4v) is 4.75. The Labute approximate surface area is 118 Å². The van der Waals surface area contributed by atoms with Crippen molar-refractivity contribution in [2.75, 3.05) is 13.6 Å². The van der Waals surface area contributed by atoms with Crippen LogP contribution in [0.3, 0.4) is 0 Å². The van der Waals surface area contributed by atoms with E-state index in [9.17, 15) is 8.42 Å². The summed E-state index contributed by atoms with van der Waals surface area (Å²) in [6, 6.07) is 3.22. The lowest BCUT2D eigenvalue weighted by Crippen LogP contribution is -2.36. The summed E-state index contributed by atoms with van der Waals surface area (Å²) in [6.07, 6.45) is 0. The fraction of sp³-hybridized carbons (Fsp3) is 0.444. The lowest BCUT2D eigenvalue weighted by atomic mass is 10.2. The third-order valence-electron chi connectivity index (χ3n) is 2.36. The number of nitrogens with zero attached hydrogens (tertiary/aromatic N) is 2. The zero-order chi connectivity index (χ0) is 13.9. The zero-order valence-electron chi connectivity index (χ0n) is 9.87. The first-order valence-corrected chi connectivity index (χ1v) is 8.03. The van der Waals surface area contributed by atoms with Crippen LogP contribution in [0.1, 0.15) is 6.92 Å². The molecule has 1 atom stereocenters. The number of halogens is 1. The van der Waals surface area contributed by atoms with Gasteiger partial charge in [0.15, 0.2) is 0 Å². The van der Waals surface area contributed by atoms with Gasteiger partial charge in [0.1, 0.15) is 10.0 Å². The molecule has 0 saturated carbocycles. The van der Waals surface area contributed by atoms with E-state index in [1.54, 1.807) is 13.0 Å². The minimum atomic E-state index is -3.53. The third-order valence-corrected chi connectivity index (χ3v) is 6.28. The van der Waals surface area contributed by atoms with Crippen LogP contribution in [0, 0.1) is 5.92 Å². The molecule has 3 N–H and O–H groups in total. The summed E-state index contributed by atoms with van der Waals surface area (Å²) in [7, 11) is -2.06. The number of hydrogen-bond acceptors (Lipinski definition) is 5. The van der Waals surface area contributed by atoms with Gasteiger partial charge in [0.2, 0.25) is 0 Å². The van der Waals surface area contributed by atoms with E-state index in [1.807, 2.05) is 0 Å². The van der Waals surface area contributed by atoms with Crippen molar-refractivity contribution in [2.45, 2.75) is 11.1 Å². The molecule has 0 radical (unpaired) electrons. The van der Waals surface area contributed by atoms with Gasteiger partial charge < -0.3 is 10.9 Å². The van der Waals surface area contributed by atoms with Crippen LogP contribution in [0.2, 0.25) is 0 Å². The Kier molecular flexibility index (Phi) is 5.14. The Morgan fingerprint density at radius 2 is 2.28 bits per heavy atom. The van der Waals surface area contributed by atoms with E-state index in [0.717, 1.165) is 15.1 Å². The van der Waals surface area contributed by atoms with Crippen LogP contribution in [-0.4, -0.2) is 37.4 Å². The number of rotatable bonds is 5. The second kappa shape index (κ2) is 6.00. The van der Waals surface area contributed by atoms with Crippen molar-refractivity contribution >= 4 is 43.1 Å². The van der Waals surface area contributed by atoms with Gasteiger partial charge in [0.25, 0.3) is 10.0 Å².